The Hall–Kier alpha value is -3.84. The Morgan fingerprint density at radius 3 is 2.47 bits per heavy atom. The van der Waals surface area contributed by atoms with E-state index in [0.717, 1.165) is 0 Å². The average Bonchev–Trinajstić information content (AvgIpc) is 2.78. The summed E-state index contributed by atoms with van der Waals surface area (Å²) in [5, 5.41) is 6.05. The van der Waals surface area contributed by atoms with Crippen LogP contribution in [0.5, 0.6) is 11.5 Å². The van der Waals surface area contributed by atoms with E-state index >= 15 is 0 Å². The number of carbonyl (C=O) groups excluding carboxylic acids is 3. The number of amides is 2. The largest absolute Gasteiger partial charge is 0.496 e. The third kappa shape index (κ3) is 5.86. The summed E-state index contributed by atoms with van der Waals surface area (Å²) in [5.41, 5.74) is 1.87. The quantitative estimate of drug-likeness (QED) is 0.408. The van der Waals surface area contributed by atoms with Gasteiger partial charge in [0.1, 0.15) is 11.5 Å². The number of anilines is 1. The fourth-order valence-electron chi connectivity index (χ4n) is 2.99. The number of esters is 1. The van der Waals surface area contributed by atoms with Crippen LogP contribution in [-0.4, -0.2) is 24.9 Å². The highest BCUT2D eigenvalue weighted by molar-refractivity contribution is 6.31. The third-order valence-corrected chi connectivity index (χ3v) is 4.70. The van der Waals surface area contributed by atoms with Crippen LogP contribution in [-0.2, 0) is 11.3 Å². The number of benzene rings is 3. The van der Waals surface area contributed by atoms with Crippen LogP contribution in [0.15, 0.2) is 66.7 Å². The van der Waals surface area contributed by atoms with E-state index in [2.05, 4.69) is 10.6 Å². The van der Waals surface area contributed by atoms with Crippen molar-refractivity contribution in [2.75, 3.05) is 12.4 Å². The topological polar surface area (TPSA) is 93.7 Å². The Morgan fingerprint density at radius 2 is 1.72 bits per heavy atom. The number of para-hydroxylation sites is 1. The Bertz CT molecular complexity index is 1160. The van der Waals surface area contributed by atoms with Crippen LogP contribution in [0.1, 0.15) is 33.2 Å². The average molecular weight is 453 g/mol. The van der Waals surface area contributed by atoms with Crippen molar-refractivity contribution in [2.24, 2.45) is 0 Å². The number of nitrogens with one attached hydrogen (secondary N) is 2. The molecule has 0 saturated carbocycles. The normalized spacial score (nSPS) is 10.2. The first-order valence-corrected chi connectivity index (χ1v) is 10.0. The molecule has 3 aromatic rings. The van der Waals surface area contributed by atoms with Gasteiger partial charge in [0.15, 0.2) is 0 Å². The smallest absolute Gasteiger partial charge is 0.308 e. The van der Waals surface area contributed by atoms with Gasteiger partial charge in [0.25, 0.3) is 11.8 Å². The monoisotopic (exact) mass is 452 g/mol. The summed E-state index contributed by atoms with van der Waals surface area (Å²) in [4.78, 5) is 36.5. The second kappa shape index (κ2) is 10.5. The Morgan fingerprint density at radius 1 is 0.938 bits per heavy atom. The molecule has 0 bridgehead atoms. The van der Waals surface area contributed by atoms with E-state index in [1.165, 1.54) is 26.2 Å². The van der Waals surface area contributed by atoms with Gasteiger partial charge in [-0.3, -0.25) is 14.4 Å². The standard InChI is InChI=1S/C24H21ClN2O5/c1-15(28)32-19-8-5-7-16(12-19)23(29)26-14-17-6-3-4-9-21(17)27-24(30)20-13-18(25)10-11-22(20)31-2/h3-13H,14H2,1-2H3,(H,26,29)(H,27,30). The minimum atomic E-state index is -0.469. The molecule has 0 atom stereocenters. The molecule has 0 aliphatic rings. The molecule has 0 spiro atoms. The van der Waals surface area contributed by atoms with Crippen LogP contribution in [0.3, 0.4) is 0 Å². The predicted molar refractivity (Wildman–Crippen MR) is 121 cm³/mol. The first-order chi connectivity index (χ1) is 15.4. The molecular weight excluding hydrogens is 432 g/mol. The van der Waals surface area contributed by atoms with Crippen LogP contribution < -0.4 is 20.1 Å². The van der Waals surface area contributed by atoms with Gasteiger partial charge in [-0.2, -0.15) is 0 Å². The summed E-state index contributed by atoms with van der Waals surface area (Å²) in [7, 11) is 1.47. The minimum Gasteiger partial charge on any atom is -0.496 e. The van der Waals surface area contributed by atoms with Crippen LogP contribution in [0, 0.1) is 0 Å². The number of rotatable bonds is 7. The third-order valence-electron chi connectivity index (χ3n) is 4.47. The lowest BCUT2D eigenvalue weighted by atomic mass is 10.1. The van der Waals surface area contributed by atoms with Gasteiger partial charge in [-0.05, 0) is 48.0 Å². The van der Waals surface area contributed by atoms with Gasteiger partial charge in [-0.25, -0.2) is 0 Å². The highest BCUT2D eigenvalue weighted by Gasteiger charge is 2.15. The number of hydrogen-bond acceptors (Lipinski definition) is 5. The van der Waals surface area contributed by atoms with Crippen molar-refractivity contribution in [3.63, 3.8) is 0 Å². The molecule has 32 heavy (non-hydrogen) atoms. The SMILES string of the molecule is COc1ccc(Cl)cc1C(=O)Nc1ccccc1CNC(=O)c1cccc(OC(C)=O)c1. The molecule has 0 saturated heterocycles. The van der Waals surface area contributed by atoms with E-state index in [1.807, 2.05) is 0 Å². The lowest BCUT2D eigenvalue weighted by Crippen LogP contribution is -2.24. The van der Waals surface area contributed by atoms with Crippen molar-refractivity contribution in [1.29, 1.82) is 0 Å². The molecule has 0 fully saturated rings. The minimum absolute atomic E-state index is 0.166. The number of ether oxygens (including phenoxy) is 2. The maximum Gasteiger partial charge on any atom is 0.308 e. The molecule has 0 aromatic heterocycles. The predicted octanol–water partition coefficient (Wildman–Crippen LogP) is 4.46. The van der Waals surface area contributed by atoms with Crippen molar-refractivity contribution in [3.8, 4) is 11.5 Å². The Kier molecular flexibility index (Phi) is 7.46. The van der Waals surface area contributed by atoms with Gasteiger partial charge in [-0.1, -0.05) is 35.9 Å². The van der Waals surface area contributed by atoms with Crippen molar-refractivity contribution in [1.82, 2.24) is 5.32 Å². The summed E-state index contributed by atoms with van der Waals surface area (Å²) in [6, 6.07) is 18.2. The van der Waals surface area contributed by atoms with Crippen molar-refractivity contribution >= 4 is 35.1 Å². The first kappa shape index (κ1) is 22.8. The fourth-order valence-corrected chi connectivity index (χ4v) is 3.16. The molecule has 3 rings (SSSR count). The second-order valence-electron chi connectivity index (χ2n) is 6.76. The maximum absolute atomic E-state index is 12.8. The van der Waals surface area contributed by atoms with Gasteiger partial charge in [-0.15, -0.1) is 0 Å². The molecule has 0 aliphatic carbocycles. The van der Waals surface area contributed by atoms with Gasteiger partial charge in [0.05, 0.1) is 12.7 Å². The van der Waals surface area contributed by atoms with E-state index in [4.69, 9.17) is 21.1 Å². The number of halogens is 1. The van der Waals surface area contributed by atoms with Crippen LogP contribution in [0.4, 0.5) is 5.69 Å². The molecule has 2 N–H and O–H groups in total. The van der Waals surface area contributed by atoms with Crippen molar-refractivity contribution in [2.45, 2.75) is 13.5 Å². The second-order valence-corrected chi connectivity index (χ2v) is 7.20. The Balaban J connectivity index is 1.72. The fraction of sp³-hybridized carbons (Fsp3) is 0.125. The van der Waals surface area contributed by atoms with E-state index in [1.54, 1.807) is 54.6 Å². The molecule has 164 valence electrons. The van der Waals surface area contributed by atoms with E-state index < -0.39 is 11.9 Å². The summed E-state index contributed by atoms with van der Waals surface area (Å²) in [6.07, 6.45) is 0. The zero-order valence-electron chi connectivity index (χ0n) is 17.5. The summed E-state index contributed by atoms with van der Waals surface area (Å²) >= 11 is 6.02. The number of hydrogen-bond donors (Lipinski definition) is 2. The van der Waals surface area contributed by atoms with Crippen LogP contribution in [0.25, 0.3) is 0 Å². The summed E-state index contributed by atoms with van der Waals surface area (Å²) < 4.78 is 10.3. The first-order valence-electron chi connectivity index (χ1n) is 9.67. The van der Waals surface area contributed by atoms with Crippen molar-refractivity contribution in [3.05, 3.63) is 88.4 Å². The molecular formula is C24H21ClN2O5. The maximum atomic E-state index is 12.8. The lowest BCUT2D eigenvalue weighted by Gasteiger charge is -2.14. The van der Waals surface area contributed by atoms with Crippen molar-refractivity contribution < 1.29 is 23.9 Å². The summed E-state index contributed by atoms with van der Waals surface area (Å²) in [5.74, 6) is -0.531. The van der Waals surface area contributed by atoms with Gasteiger partial charge in [0, 0.05) is 29.7 Å². The zero-order chi connectivity index (χ0) is 23.1. The van der Waals surface area contributed by atoms with Gasteiger partial charge < -0.3 is 20.1 Å². The number of methoxy groups -OCH3 is 1. The molecule has 7 nitrogen and oxygen atoms in total. The van der Waals surface area contributed by atoms with E-state index in [0.29, 0.717) is 33.1 Å². The Labute approximate surface area is 190 Å². The molecule has 0 radical (unpaired) electrons. The van der Waals surface area contributed by atoms with Crippen LogP contribution in [0.2, 0.25) is 5.02 Å². The number of carbonyl (C=O) groups is 3. The van der Waals surface area contributed by atoms with Gasteiger partial charge >= 0.3 is 5.97 Å². The van der Waals surface area contributed by atoms with E-state index in [-0.39, 0.29) is 18.2 Å². The highest BCUT2D eigenvalue weighted by atomic mass is 35.5. The summed E-state index contributed by atoms with van der Waals surface area (Å²) in [6.45, 7) is 1.46. The molecule has 0 unspecified atom stereocenters. The lowest BCUT2D eigenvalue weighted by molar-refractivity contribution is -0.131. The van der Waals surface area contributed by atoms with Gasteiger partial charge in [0.2, 0.25) is 0 Å². The molecule has 0 aliphatic heterocycles. The highest BCUT2D eigenvalue weighted by Crippen LogP contribution is 2.25. The molecule has 2 amide bonds. The molecule has 0 heterocycles. The molecule has 3 aromatic carbocycles. The van der Waals surface area contributed by atoms with E-state index in [9.17, 15) is 14.4 Å². The zero-order valence-corrected chi connectivity index (χ0v) is 18.2. The van der Waals surface area contributed by atoms with Crippen LogP contribution >= 0.6 is 11.6 Å². The molecule has 8 heteroatoms.